The highest BCUT2D eigenvalue weighted by Crippen LogP contribution is 2.30. The monoisotopic (exact) mass is 540 g/mol. The van der Waals surface area contributed by atoms with Crippen LogP contribution >= 0.6 is 0 Å². The average molecular weight is 541 g/mol. The maximum absolute atomic E-state index is 11.2. The summed E-state index contributed by atoms with van der Waals surface area (Å²) in [6.07, 6.45) is -3.72. The summed E-state index contributed by atoms with van der Waals surface area (Å²) in [6, 6.07) is 39.7. The van der Waals surface area contributed by atoms with E-state index in [2.05, 4.69) is 0 Å². The normalized spacial score (nSPS) is 22.7. The van der Waals surface area contributed by atoms with E-state index in [0.29, 0.717) is 26.4 Å². The lowest BCUT2D eigenvalue weighted by molar-refractivity contribution is -0.317. The molecule has 1 saturated heterocycles. The highest BCUT2D eigenvalue weighted by molar-refractivity contribution is 5.16. The Labute approximate surface area is 236 Å². The molecule has 40 heavy (non-hydrogen) atoms. The van der Waals surface area contributed by atoms with E-state index in [9.17, 15) is 5.11 Å². The summed E-state index contributed by atoms with van der Waals surface area (Å²) in [5.41, 5.74) is 4.10. The fourth-order valence-corrected chi connectivity index (χ4v) is 4.77. The van der Waals surface area contributed by atoms with Gasteiger partial charge in [0.25, 0.3) is 0 Å². The predicted octanol–water partition coefficient (Wildman–Crippen LogP) is 5.68. The topological polar surface area (TPSA) is 66.4 Å². The maximum Gasteiger partial charge on any atom is 0.184 e. The molecular formula is C34H36O6. The van der Waals surface area contributed by atoms with Crippen molar-refractivity contribution in [1.29, 1.82) is 0 Å². The minimum absolute atomic E-state index is 0.224. The van der Waals surface area contributed by atoms with Crippen LogP contribution in [0.1, 0.15) is 22.3 Å². The van der Waals surface area contributed by atoms with Gasteiger partial charge in [0.2, 0.25) is 0 Å². The number of rotatable bonds is 13. The summed E-state index contributed by atoms with van der Waals surface area (Å²) < 4.78 is 31.4. The van der Waals surface area contributed by atoms with Crippen LogP contribution in [0.3, 0.4) is 0 Å². The zero-order chi connectivity index (χ0) is 27.4. The van der Waals surface area contributed by atoms with Crippen LogP contribution in [0.5, 0.6) is 0 Å². The molecule has 0 aromatic heterocycles. The van der Waals surface area contributed by atoms with Crippen molar-refractivity contribution in [2.24, 2.45) is 0 Å². The minimum atomic E-state index is -1.22. The molecule has 1 heterocycles. The standard InChI is InChI=1S/C34H36O6/c35-34-33(39-24-29-19-11-4-12-20-29)32(38-23-28-17-9-3-10-18-28)31(37-22-27-15-7-2-8-16-27)30(40-34)25-36-21-26-13-5-1-6-14-26/h1-20,30-35H,21-25H2/t30?,31-,32-,33?,34-/m1/s1. The minimum Gasteiger partial charge on any atom is -0.374 e. The van der Waals surface area contributed by atoms with Gasteiger partial charge >= 0.3 is 0 Å². The highest BCUT2D eigenvalue weighted by atomic mass is 16.7. The van der Waals surface area contributed by atoms with Gasteiger partial charge < -0.3 is 28.8 Å². The molecule has 2 unspecified atom stereocenters. The van der Waals surface area contributed by atoms with Gasteiger partial charge in [0.05, 0.1) is 33.0 Å². The Morgan fingerprint density at radius 3 is 1.30 bits per heavy atom. The Kier molecular flexibility index (Phi) is 10.5. The molecule has 5 rings (SSSR count). The third kappa shape index (κ3) is 8.08. The SMILES string of the molecule is O[C@@H]1OC(COCc2ccccc2)[C@@H](OCc2ccccc2)[C@@H](OCc2ccccc2)C1OCc1ccccc1. The van der Waals surface area contributed by atoms with Gasteiger partial charge in [0.1, 0.15) is 24.4 Å². The summed E-state index contributed by atoms with van der Waals surface area (Å²) in [6.45, 7) is 1.65. The highest BCUT2D eigenvalue weighted by Gasteiger charge is 2.48. The zero-order valence-electron chi connectivity index (χ0n) is 22.5. The fourth-order valence-electron chi connectivity index (χ4n) is 4.77. The van der Waals surface area contributed by atoms with Crippen LogP contribution in [-0.4, -0.2) is 42.4 Å². The molecule has 0 radical (unpaired) electrons. The molecule has 0 aliphatic carbocycles. The number of hydrogen-bond acceptors (Lipinski definition) is 6. The Morgan fingerprint density at radius 2 is 0.850 bits per heavy atom. The van der Waals surface area contributed by atoms with Gasteiger partial charge in [-0.2, -0.15) is 0 Å². The van der Waals surface area contributed by atoms with E-state index in [1.165, 1.54) is 0 Å². The molecule has 1 aliphatic rings. The lowest BCUT2D eigenvalue weighted by atomic mass is 9.98. The van der Waals surface area contributed by atoms with Crippen molar-refractivity contribution in [3.8, 4) is 0 Å². The molecule has 0 bridgehead atoms. The second-order valence-electron chi connectivity index (χ2n) is 9.85. The molecule has 0 spiro atoms. The molecule has 0 saturated carbocycles. The first-order valence-electron chi connectivity index (χ1n) is 13.7. The van der Waals surface area contributed by atoms with Crippen molar-refractivity contribution < 1.29 is 28.8 Å². The van der Waals surface area contributed by atoms with Crippen molar-refractivity contribution in [3.63, 3.8) is 0 Å². The van der Waals surface area contributed by atoms with Gasteiger partial charge in [-0.3, -0.25) is 0 Å². The van der Waals surface area contributed by atoms with Crippen molar-refractivity contribution in [1.82, 2.24) is 0 Å². The van der Waals surface area contributed by atoms with E-state index in [1.54, 1.807) is 0 Å². The lowest BCUT2D eigenvalue weighted by Crippen LogP contribution is -2.61. The molecule has 208 valence electrons. The zero-order valence-corrected chi connectivity index (χ0v) is 22.5. The van der Waals surface area contributed by atoms with E-state index in [0.717, 1.165) is 22.3 Å². The second kappa shape index (κ2) is 14.9. The average Bonchev–Trinajstić information content (AvgIpc) is 3.01. The molecule has 1 fully saturated rings. The first-order chi connectivity index (χ1) is 19.8. The van der Waals surface area contributed by atoms with E-state index >= 15 is 0 Å². The molecule has 0 amide bonds. The van der Waals surface area contributed by atoms with Crippen LogP contribution in [0.4, 0.5) is 0 Å². The Hall–Kier alpha value is -3.36. The molecule has 4 aromatic rings. The van der Waals surface area contributed by atoms with E-state index < -0.39 is 30.7 Å². The number of aliphatic hydroxyl groups excluding tert-OH is 1. The summed E-state index contributed by atoms with van der Waals surface area (Å²) in [5.74, 6) is 0. The van der Waals surface area contributed by atoms with Gasteiger partial charge in [-0.25, -0.2) is 0 Å². The summed E-state index contributed by atoms with van der Waals surface area (Å²) in [4.78, 5) is 0. The Bertz CT molecular complexity index is 1240. The Balaban J connectivity index is 1.36. The molecule has 1 aliphatic heterocycles. The maximum atomic E-state index is 11.2. The third-order valence-corrected chi connectivity index (χ3v) is 6.86. The van der Waals surface area contributed by atoms with Crippen LogP contribution < -0.4 is 0 Å². The van der Waals surface area contributed by atoms with Crippen molar-refractivity contribution in [3.05, 3.63) is 144 Å². The van der Waals surface area contributed by atoms with E-state index in [-0.39, 0.29) is 6.61 Å². The van der Waals surface area contributed by atoms with Crippen LogP contribution in [0, 0.1) is 0 Å². The third-order valence-electron chi connectivity index (χ3n) is 6.86. The first-order valence-corrected chi connectivity index (χ1v) is 13.7. The Morgan fingerprint density at radius 1 is 0.475 bits per heavy atom. The first kappa shape index (κ1) is 28.2. The largest absolute Gasteiger partial charge is 0.374 e. The molecule has 6 heteroatoms. The predicted molar refractivity (Wildman–Crippen MR) is 152 cm³/mol. The van der Waals surface area contributed by atoms with Crippen molar-refractivity contribution in [2.45, 2.75) is 57.1 Å². The van der Waals surface area contributed by atoms with Crippen molar-refractivity contribution in [2.75, 3.05) is 6.61 Å². The van der Waals surface area contributed by atoms with Crippen molar-refractivity contribution >= 4 is 0 Å². The van der Waals surface area contributed by atoms with Crippen LogP contribution in [0.25, 0.3) is 0 Å². The van der Waals surface area contributed by atoms with Crippen LogP contribution in [0.15, 0.2) is 121 Å². The van der Waals surface area contributed by atoms with Gasteiger partial charge in [-0.05, 0) is 22.3 Å². The number of benzene rings is 4. The molecule has 6 nitrogen and oxygen atoms in total. The smallest absolute Gasteiger partial charge is 0.184 e. The van der Waals surface area contributed by atoms with Crippen LogP contribution in [-0.2, 0) is 50.1 Å². The molecular weight excluding hydrogens is 504 g/mol. The number of ether oxygens (including phenoxy) is 5. The quantitative estimate of drug-likeness (QED) is 0.236. The van der Waals surface area contributed by atoms with Gasteiger partial charge in [-0.1, -0.05) is 121 Å². The molecule has 5 atom stereocenters. The molecule has 4 aromatic carbocycles. The number of hydrogen-bond donors (Lipinski definition) is 1. The van der Waals surface area contributed by atoms with Gasteiger partial charge in [0, 0.05) is 0 Å². The fraction of sp³-hybridized carbons (Fsp3) is 0.294. The van der Waals surface area contributed by atoms with Crippen LogP contribution in [0.2, 0.25) is 0 Å². The molecule has 1 N–H and O–H groups in total. The lowest BCUT2D eigenvalue weighted by Gasteiger charge is -2.44. The van der Waals surface area contributed by atoms with Gasteiger partial charge in [-0.15, -0.1) is 0 Å². The summed E-state index contributed by atoms with van der Waals surface area (Å²) >= 11 is 0. The summed E-state index contributed by atoms with van der Waals surface area (Å²) in [7, 11) is 0. The van der Waals surface area contributed by atoms with E-state index in [1.807, 2.05) is 121 Å². The van der Waals surface area contributed by atoms with E-state index in [4.69, 9.17) is 23.7 Å². The van der Waals surface area contributed by atoms with Gasteiger partial charge in [0.15, 0.2) is 6.29 Å². The number of aliphatic hydroxyl groups is 1. The second-order valence-corrected chi connectivity index (χ2v) is 9.85. The summed E-state index contributed by atoms with van der Waals surface area (Å²) in [5, 5.41) is 11.2.